The number of hydrogen-bond acceptors (Lipinski definition) is 5. The summed E-state index contributed by atoms with van der Waals surface area (Å²) in [5, 5.41) is 6.76. The summed E-state index contributed by atoms with van der Waals surface area (Å²) in [5.41, 5.74) is 2.33. The second-order valence-electron chi connectivity index (χ2n) is 5.39. The van der Waals surface area contributed by atoms with Gasteiger partial charge < -0.3 is 19.2 Å². The van der Waals surface area contributed by atoms with E-state index < -0.39 is 0 Å². The largest absolute Gasteiger partial charge is 0.478 e. The number of hydrogen-bond donors (Lipinski definition) is 2. The molecule has 3 aromatic rings. The molecule has 0 atom stereocenters. The van der Waals surface area contributed by atoms with E-state index in [9.17, 15) is 4.79 Å². The molecular weight excluding hydrogens is 306 g/mol. The Morgan fingerprint density at radius 3 is 2.79 bits per heavy atom. The summed E-state index contributed by atoms with van der Waals surface area (Å²) < 4.78 is 13.0. The van der Waals surface area contributed by atoms with Gasteiger partial charge in [0.25, 0.3) is 0 Å². The number of likely N-dealkylation sites (N-methyl/N-ethyl adjacent to an activating group) is 1. The van der Waals surface area contributed by atoms with Crippen LogP contribution in [-0.2, 0) is 4.74 Å². The summed E-state index contributed by atoms with van der Waals surface area (Å²) in [6.45, 7) is 1.38. The van der Waals surface area contributed by atoms with Gasteiger partial charge in [0.05, 0.1) is 16.6 Å². The van der Waals surface area contributed by atoms with E-state index >= 15 is 0 Å². The quantitative estimate of drug-likeness (QED) is 0.395. The Labute approximate surface area is 140 Å². The van der Waals surface area contributed by atoms with Crippen LogP contribution >= 0.6 is 0 Å². The molecule has 0 aliphatic heterocycles. The first-order valence-electron chi connectivity index (χ1n) is 7.88. The number of esters is 1. The van der Waals surface area contributed by atoms with Gasteiger partial charge in [-0.05, 0) is 38.4 Å². The number of fused-ring (bicyclic) bond motifs is 3. The highest BCUT2D eigenvalue weighted by molar-refractivity contribution is 6.11. The number of ether oxygens (including phenoxy) is 2. The normalized spacial score (nSPS) is 11.1. The van der Waals surface area contributed by atoms with Crippen LogP contribution in [0.25, 0.3) is 16.4 Å². The molecule has 0 radical (unpaired) electrons. The second-order valence-corrected chi connectivity index (χ2v) is 5.39. The molecule has 0 spiro atoms. The predicted molar refractivity (Wildman–Crippen MR) is 93.7 cm³/mol. The number of rotatable bonds is 7. The van der Waals surface area contributed by atoms with Crippen molar-refractivity contribution in [2.24, 2.45) is 0 Å². The number of aromatic nitrogens is 1. The van der Waals surface area contributed by atoms with Crippen LogP contribution in [0.15, 0.2) is 42.6 Å². The minimum absolute atomic E-state index is 0.312. The molecule has 0 saturated heterocycles. The minimum atomic E-state index is -0.312. The van der Waals surface area contributed by atoms with Gasteiger partial charge in [-0.15, -0.1) is 0 Å². The fraction of sp³-hybridized carbons (Fsp3) is 0.278. The van der Waals surface area contributed by atoms with Crippen molar-refractivity contribution in [1.29, 1.82) is 0 Å². The van der Waals surface area contributed by atoms with Crippen LogP contribution in [0, 0.1) is 0 Å². The smallest absolute Gasteiger partial charge is 0.341 e. The lowest BCUT2D eigenvalue weighted by molar-refractivity contribution is 0.0515. The standard InChI is InChI=1S/C18H21N3O3/c1-19-8-10-23-18(22)17-14-7-6-13(24-12-20-2)11-16(14)21-9-4-3-5-15(17)21/h3-7,9,11,19-20H,8,10,12H2,1-2H3. The Morgan fingerprint density at radius 1 is 1.12 bits per heavy atom. The summed E-state index contributed by atoms with van der Waals surface area (Å²) in [7, 11) is 3.65. The molecule has 1 aromatic carbocycles. The molecule has 2 heterocycles. The van der Waals surface area contributed by atoms with Gasteiger partial charge in [0.1, 0.15) is 19.1 Å². The first-order valence-corrected chi connectivity index (χ1v) is 7.88. The van der Waals surface area contributed by atoms with Crippen LogP contribution in [0.1, 0.15) is 10.4 Å². The third-order valence-corrected chi connectivity index (χ3v) is 3.79. The summed E-state index contributed by atoms with van der Waals surface area (Å²) in [4.78, 5) is 12.6. The Kier molecular flexibility index (Phi) is 4.98. The van der Waals surface area contributed by atoms with Crippen LogP contribution in [0.2, 0.25) is 0 Å². The lowest BCUT2D eigenvalue weighted by Crippen LogP contribution is -2.17. The molecule has 6 heteroatoms. The molecular formula is C18H21N3O3. The third kappa shape index (κ3) is 3.06. The van der Waals surface area contributed by atoms with Gasteiger partial charge >= 0.3 is 5.97 Å². The van der Waals surface area contributed by atoms with Crippen LogP contribution in [0.4, 0.5) is 0 Å². The molecule has 0 aliphatic carbocycles. The zero-order chi connectivity index (χ0) is 16.9. The van der Waals surface area contributed by atoms with Gasteiger partial charge in [0.15, 0.2) is 0 Å². The zero-order valence-electron chi connectivity index (χ0n) is 13.8. The number of carbonyl (C=O) groups is 1. The number of nitrogens with zero attached hydrogens (tertiary/aromatic N) is 1. The first-order chi connectivity index (χ1) is 11.8. The SMILES string of the molecule is CNCCOC(=O)c1c2ccc(OCNC)cc2n2ccccc12. The van der Waals surface area contributed by atoms with Crippen LogP contribution < -0.4 is 15.4 Å². The number of benzene rings is 1. The molecule has 2 N–H and O–H groups in total. The average Bonchev–Trinajstić information content (AvgIpc) is 2.94. The number of carbonyl (C=O) groups excluding carboxylic acids is 1. The lowest BCUT2D eigenvalue weighted by atomic mass is 10.1. The summed E-state index contributed by atoms with van der Waals surface area (Å²) in [5.74, 6) is 0.433. The van der Waals surface area contributed by atoms with E-state index in [2.05, 4.69) is 10.6 Å². The van der Waals surface area contributed by atoms with Crippen molar-refractivity contribution in [3.8, 4) is 5.75 Å². The molecule has 0 unspecified atom stereocenters. The fourth-order valence-electron chi connectivity index (χ4n) is 2.69. The van der Waals surface area contributed by atoms with E-state index in [-0.39, 0.29) is 5.97 Å². The molecule has 0 fully saturated rings. The van der Waals surface area contributed by atoms with Crippen molar-refractivity contribution in [2.45, 2.75) is 0 Å². The Morgan fingerprint density at radius 2 is 2.00 bits per heavy atom. The maximum atomic E-state index is 12.6. The molecule has 0 saturated carbocycles. The Hall–Kier alpha value is -2.57. The van der Waals surface area contributed by atoms with E-state index in [0.717, 1.165) is 22.2 Å². The minimum Gasteiger partial charge on any atom is -0.478 e. The van der Waals surface area contributed by atoms with E-state index in [4.69, 9.17) is 9.47 Å². The van der Waals surface area contributed by atoms with Gasteiger partial charge in [-0.3, -0.25) is 5.32 Å². The highest BCUT2D eigenvalue weighted by Gasteiger charge is 2.19. The van der Waals surface area contributed by atoms with E-state index in [1.165, 1.54) is 0 Å². The van der Waals surface area contributed by atoms with Crippen LogP contribution in [0.3, 0.4) is 0 Å². The van der Waals surface area contributed by atoms with Crippen molar-refractivity contribution < 1.29 is 14.3 Å². The molecule has 0 aliphatic rings. The number of nitrogens with one attached hydrogen (secondary N) is 2. The predicted octanol–water partition coefficient (Wildman–Crippen LogP) is 2.02. The lowest BCUT2D eigenvalue weighted by Gasteiger charge is -2.06. The molecule has 0 bridgehead atoms. The first kappa shape index (κ1) is 16.3. The van der Waals surface area contributed by atoms with E-state index in [1.54, 1.807) is 0 Å². The summed E-state index contributed by atoms with van der Waals surface area (Å²) in [6.07, 6.45) is 1.93. The molecule has 0 amide bonds. The van der Waals surface area contributed by atoms with Gasteiger partial charge in [0.2, 0.25) is 0 Å². The topological polar surface area (TPSA) is 64.0 Å². The van der Waals surface area contributed by atoms with Crippen molar-refractivity contribution in [1.82, 2.24) is 15.0 Å². The molecule has 126 valence electrons. The maximum Gasteiger partial charge on any atom is 0.341 e. The second kappa shape index (κ2) is 7.33. The summed E-state index contributed by atoms with van der Waals surface area (Å²) in [6, 6.07) is 11.5. The molecule has 3 rings (SSSR count). The van der Waals surface area contributed by atoms with Crippen molar-refractivity contribution in [3.05, 3.63) is 48.2 Å². The Bertz CT molecular complexity index is 857. The van der Waals surface area contributed by atoms with Gasteiger partial charge in [-0.25, -0.2) is 4.79 Å². The van der Waals surface area contributed by atoms with Crippen molar-refractivity contribution in [2.75, 3.05) is 34.0 Å². The molecule has 6 nitrogen and oxygen atoms in total. The highest BCUT2D eigenvalue weighted by Crippen LogP contribution is 2.30. The van der Waals surface area contributed by atoms with Crippen molar-refractivity contribution >= 4 is 22.4 Å². The zero-order valence-corrected chi connectivity index (χ0v) is 13.8. The molecule has 2 aromatic heterocycles. The monoisotopic (exact) mass is 327 g/mol. The van der Waals surface area contributed by atoms with Gasteiger partial charge in [-0.1, -0.05) is 6.07 Å². The molecule has 24 heavy (non-hydrogen) atoms. The highest BCUT2D eigenvalue weighted by atomic mass is 16.5. The van der Waals surface area contributed by atoms with Crippen LogP contribution in [-0.4, -0.2) is 44.3 Å². The van der Waals surface area contributed by atoms with E-state index in [0.29, 0.717) is 25.4 Å². The van der Waals surface area contributed by atoms with E-state index in [1.807, 2.05) is 61.1 Å². The third-order valence-electron chi connectivity index (χ3n) is 3.79. The number of pyridine rings is 1. The Balaban J connectivity index is 2.07. The summed E-state index contributed by atoms with van der Waals surface area (Å²) >= 11 is 0. The van der Waals surface area contributed by atoms with Gasteiger partial charge in [-0.2, -0.15) is 0 Å². The average molecular weight is 327 g/mol. The van der Waals surface area contributed by atoms with Crippen LogP contribution in [0.5, 0.6) is 5.75 Å². The van der Waals surface area contributed by atoms with Gasteiger partial charge in [0, 0.05) is 24.2 Å². The fourth-order valence-corrected chi connectivity index (χ4v) is 2.69. The van der Waals surface area contributed by atoms with Crippen molar-refractivity contribution in [3.63, 3.8) is 0 Å². The maximum absolute atomic E-state index is 12.6.